The fraction of sp³-hybridized carbons (Fsp3) is 0. The number of fused-ring (bicyclic) bond motifs is 3. The highest BCUT2D eigenvalue weighted by Crippen LogP contribution is 2.39. The van der Waals surface area contributed by atoms with E-state index in [9.17, 15) is 0 Å². The molecule has 0 atom stereocenters. The van der Waals surface area contributed by atoms with Gasteiger partial charge in [-0.2, -0.15) is 0 Å². The molecule has 0 fully saturated rings. The summed E-state index contributed by atoms with van der Waals surface area (Å²) in [5.41, 5.74) is 14.6. The van der Waals surface area contributed by atoms with Crippen LogP contribution in [0, 0.1) is 0 Å². The van der Waals surface area contributed by atoms with Crippen molar-refractivity contribution < 1.29 is 4.42 Å². The topological polar surface area (TPSA) is 16.4 Å². The van der Waals surface area contributed by atoms with E-state index < -0.39 is 0 Å². The molecular formula is C48H33NO. The zero-order valence-electron chi connectivity index (χ0n) is 27.4. The Morgan fingerprint density at radius 3 is 1.38 bits per heavy atom. The molecule has 2 heteroatoms. The minimum Gasteiger partial charge on any atom is -0.456 e. The summed E-state index contributed by atoms with van der Waals surface area (Å²) >= 11 is 0. The second kappa shape index (κ2) is 12.8. The Balaban J connectivity index is 1.06. The van der Waals surface area contributed by atoms with E-state index in [1.165, 1.54) is 33.4 Å². The van der Waals surface area contributed by atoms with Crippen LogP contribution in [0.15, 0.2) is 205 Å². The van der Waals surface area contributed by atoms with Crippen LogP contribution >= 0.6 is 0 Å². The molecule has 9 rings (SSSR count). The fourth-order valence-corrected chi connectivity index (χ4v) is 6.99. The van der Waals surface area contributed by atoms with Gasteiger partial charge in [0.05, 0.1) is 0 Å². The summed E-state index contributed by atoms with van der Waals surface area (Å²) < 4.78 is 6.18. The third kappa shape index (κ3) is 5.53. The maximum atomic E-state index is 6.18. The lowest BCUT2D eigenvalue weighted by molar-refractivity contribution is 0.669. The Labute approximate surface area is 292 Å². The number of para-hydroxylation sites is 2. The van der Waals surface area contributed by atoms with Crippen LogP contribution in [0.25, 0.3) is 66.4 Å². The van der Waals surface area contributed by atoms with Gasteiger partial charge in [0.1, 0.15) is 11.2 Å². The quantitative estimate of drug-likeness (QED) is 0.173. The maximum Gasteiger partial charge on any atom is 0.136 e. The second-order valence-electron chi connectivity index (χ2n) is 12.6. The minimum atomic E-state index is 0.907. The van der Waals surface area contributed by atoms with Crippen molar-refractivity contribution in [3.8, 4) is 44.5 Å². The zero-order chi connectivity index (χ0) is 33.3. The van der Waals surface area contributed by atoms with E-state index in [-0.39, 0.29) is 0 Å². The number of furan rings is 1. The van der Waals surface area contributed by atoms with Crippen molar-refractivity contribution in [1.82, 2.24) is 0 Å². The lowest BCUT2D eigenvalue weighted by Crippen LogP contribution is -2.09. The van der Waals surface area contributed by atoms with Crippen molar-refractivity contribution in [3.05, 3.63) is 200 Å². The summed E-state index contributed by atoms with van der Waals surface area (Å²) in [5.74, 6) is 0. The van der Waals surface area contributed by atoms with Gasteiger partial charge in [0.2, 0.25) is 0 Å². The number of hydrogen-bond donors (Lipinski definition) is 0. The standard InChI is InChI=1S/C48H33NO/c1-4-12-36(13-5-1)43-30-24-38(32-46(43)37-14-6-2-7-15-37)34-20-26-41(27-21-34)49(40-16-8-3-9-17-40)42-28-22-35(23-29-42)39-25-31-45-44-18-10-11-19-47(44)50-48(45)33-39/h1-33H. The van der Waals surface area contributed by atoms with Crippen molar-refractivity contribution in [2.45, 2.75) is 0 Å². The van der Waals surface area contributed by atoms with Gasteiger partial charge >= 0.3 is 0 Å². The molecule has 0 saturated heterocycles. The third-order valence-corrected chi connectivity index (χ3v) is 9.50. The van der Waals surface area contributed by atoms with E-state index in [1.54, 1.807) is 0 Å². The van der Waals surface area contributed by atoms with Crippen LogP contribution < -0.4 is 4.90 Å². The Kier molecular flexibility index (Phi) is 7.53. The molecule has 8 aromatic carbocycles. The molecule has 0 radical (unpaired) electrons. The summed E-state index contributed by atoms with van der Waals surface area (Å²) in [6, 6.07) is 71.1. The number of hydrogen-bond acceptors (Lipinski definition) is 2. The highest BCUT2D eigenvalue weighted by Gasteiger charge is 2.15. The van der Waals surface area contributed by atoms with E-state index in [2.05, 4.69) is 193 Å². The van der Waals surface area contributed by atoms with Gasteiger partial charge < -0.3 is 9.32 Å². The van der Waals surface area contributed by atoms with Gasteiger partial charge in [-0.15, -0.1) is 0 Å². The van der Waals surface area contributed by atoms with E-state index >= 15 is 0 Å². The molecule has 50 heavy (non-hydrogen) atoms. The van der Waals surface area contributed by atoms with E-state index in [0.717, 1.165) is 50.1 Å². The summed E-state index contributed by atoms with van der Waals surface area (Å²) in [5, 5.41) is 2.29. The van der Waals surface area contributed by atoms with Crippen LogP contribution in [0.3, 0.4) is 0 Å². The average molecular weight is 640 g/mol. The third-order valence-electron chi connectivity index (χ3n) is 9.50. The first-order valence-electron chi connectivity index (χ1n) is 17.0. The van der Waals surface area contributed by atoms with Crippen molar-refractivity contribution in [2.24, 2.45) is 0 Å². The molecule has 0 bridgehead atoms. The second-order valence-corrected chi connectivity index (χ2v) is 12.6. The highest BCUT2D eigenvalue weighted by atomic mass is 16.3. The van der Waals surface area contributed by atoms with Gasteiger partial charge in [-0.25, -0.2) is 0 Å². The largest absolute Gasteiger partial charge is 0.456 e. The molecular weight excluding hydrogens is 607 g/mol. The number of anilines is 3. The van der Waals surface area contributed by atoms with Crippen molar-refractivity contribution in [1.29, 1.82) is 0 Å². The van der Waals surface area contributed by atoms with Gasteiger partial charge in [-0.05, 0) is 105 Å². The minimum absolute atomic E-state index is 0.907. The van der Waals surface area contributed by atoms with Crippen LogP contribution in [0.2, 0.25) is 0 Å². The van der Waals surface area contributed by atoms with Gasteiger partial charge in [0, 0.05) is 27.8 Å². The predicted octanol–water partition coefficient (Wildman–Crippen LogP) is 13.7. The van der Waals surface area contributed by atoms with Crippen molar-refractivity contribution in [2.75, 3.05) is 4.90 Å². The molecule has 0 N–H and O–H groups in total. The molecule has 0 amide bonds. The number of nitrogens with zero attached hydrogens (tertiary/aromatic N) is 1. The van der Waals surface area contributed by atoms with Crippen LogP contribution in [0.4, 0.5) is 17.1 Å². The molecule has 2 nitrogen and oxygen atoms in total. The first kappa shape index (κ1) is 29.5. The Morgan fingerprint density at radius 2 is 0.740 bits per heavy atom. The smallest absolute Gasteiger partial charge is 0.136 e. The summed E-state index contributed by atoms with van der Waals surface area (Å²) in [7, 11) is 0. The van der Waals surface area contributed by atoms with E-state index in [4.69, 9.17) is 4.42 Å². The molecule has 0 saturated carbocycles. The SMILES string of the molecule is c1ccc(-c2ccc(-c3ccc(N(c4ccccc4)c4ccc(-c5ccc6c(c5)oc5ccccc56)cc4)cc3)cc2-c2ccccc2)cc1. The number of benzene rings is 8. The first-order chi connectivity index (χ1) is 24.8. The van der Waals surface area contributed by atoms with Crippen LogP contribution in [-0.4, -0.2) is 0 Å². The van der Waals surface area contributed by atoms with E-state index in [1.807, 2.05) is 12.1 Å². The molecule has 9 aromatic rings. The fourth-order valence-electron chi connectivity index (χ4n) is 6.99. The van der Waals surface area contributed by atoms with Crippen LogP contribution in [0.5, 0.6) is 0 Å². The molecule has 0 unspecified atom stereocenters. The average Bonchev–Trinajstić information content (AvgIpc) is 3.57. The van der Waals surface area contributed by atoms with Gasteiger partial charge in [-0.3, -0.25) is 0 Å². The van der Waals surface area contributed by atoms with Crippen LogP contribution in [0.1, 0.15) is 0 Å². The first-order valence-corrected chi connectivity index (χ1v) is 17.0. The van der Waals surface area contributed by atoms with Crippen molar-refractivity contribution >= 4 is 39.0 Å². The lowest BCUT2D eigenvalue weighted by atomic mass is 9.91. The Bertz CT molecular complexity index is 2550. The Hall–Kier alpha value is -6.64. The molecule has 0 aliphatic rings. The van der Waals surface area contributed by atoms with Crippen LogP contribution in [-0.2, 0) is 0 Å². The normalized spacial score (nSPS) is 11.2. The van der Waals surface area contributed by atoms with Gasteiger partial charge in [0.15, 0.2) is 0 Å². The predicted molar refractivity (Wildman–Crippen MR) is 210 cm³/mol. The van der Waals surface area contributed by atoms with Gasteiger partial charge in [-0.1, -0.05) is 140 Å². The molecule has 0 spiro atoms. The molecule has 0 aliphatic carbocycles. The maximum absolute atomic E-state index is 6.18. The molecule has 1 aromatic heterocycles. The van der Waals surface area contributed by atoms with Crippen molar-refractivity contribution in [3.63, 3.8) is 0 Å². The summed E-state index contributed by atoms with van der Waals surface area (Å²) in [4.78, 5) is 2.31. The summed E-state index contributed by atoms with van der Waals surface area (Å²) in [6.45, 7) is 0. The lowest BCUT2D eigenvalue weighted by Gasteiger charge is -2.26. The molecule has 1 heterocycles. The molecule has 236 valence electrons. The monoisotopic (exact) mass is 639 g/mol. The summed E-state index contributed by atoms with van der Waals surface area (Å²) in [6.07, 6.45) is 0. The molecule has 0 aliphatic heterocycles. The van der Waals surface area contributed by atoms with Gasteiger partial charge in [0.25, 0.3) is 0 Å². The number of rotatable bonds is 7. The van der Waals surface area contributed by atoms with E-state index in [0.29, 0.717) is 0 Å². The Morgan fingerprint density at radius 1 is 0.280 bits per heavy atom. The highest BCUT2D eigenvalue weighted by molar-refractivity contribution is 6.05. The zero-order valence-corrected chi connectivity index (χ0v) is 27.4.